The van der Waals surface area contributed by atoms with E-state index in [4.69, 9.17) is 9.47 Å². The molecule has 0 unspecified atom stereocenters. The Labute approximate surface area is 135 Å². The van der Waals surface area contributed by atoms with Crippen LogP contribution in [0.3, 0.4) is 0 Å². The number of nitrogens with one attached hydrogen (secondary N) is 2. The molecule has 23 heavy (non-hydrogen) atoms. The van der Waals surface area contributed by atoms with Crippen molar-refractivity contribution < 1.29 is 14.3 Å². The number of carbonyl (C=O) groups is 1. The molecule has 7 nitrogen and oxygen atoms in total. The van der Waals surface area contributed by atoms with Crippen molar-refractivity contribution in [3.8, 4) is 5.88 Å². The summed E-state index contributed by atoms with van der Waals surface area (Å²) < 4.78 is 10.3. The number of rotatable bonds is 8. The predicted molar refractivity (Wildman–Crippen MR) is 84.9 cm³/mol. The quantitative estimate of drug-likeness (QED) is 0.721. The van der Waals surface area contributed by atoms with E-state index in [9.17, 15) is 4.79 Å². The molecule has 0 radical (unpaired) electrons. The summed E-state index contributed by atoms with van der Waals surface area (Å²) in [6.45, 7) is 1.83. The summed E-state index contributed by atoms with van der Waals surface area (Å²) in [6, 6.07) is 7.10. The molecule has 2 aromatic heterocycles. The third-order valence-electron chi connectivity index (χ3n) is 2.99. The van der Waals surface area contributed by atoms with Crippen molar-refractivity contribution in [3.63, 3.8) is 0 Å². The number of pyridine rings is 2. The first-order valence-corrected chi connectivity index (χ1v) is 7.25. The van der Waals surface area contributed by atoms with E-state index in [1.165, 1.54) is 0 Å². The molecule has 0 spiro atoms. The second-order valence-electron chi connectivity index (χ2n) is 4.74. The lowest BCUT2D eigenvalue weighted by molar-refractivity contribution is 0.143. The third-order valence-corrected chi connectivity index (χ3v) is 2.99. The fourth-order valence-corrected chi connectivity index (χ4v) is 1.76. The first kappa shape index (κ1) is 16.7. The number of methoxy groups -OCH3 is 1. The van der Waals surface area contributed by atoms with E-state index < -0.39 is 0 Å². The Balaban J connectivity index is 1.69. The van der Waals surface area contributed by atoms with Gasteiger partial charge in [-0.2, -0.15) is 0 Å². The molecule has 7 heteroatoms. The highest BCUT2D eigenvalue weighted by molar-refractivity contribution is 5.73. The summed E-state index contributed by atoms with van der Waals surface area (Å²) in [4.78, 5) is 19.8. The Morgan fingerprint density at radius 3 is 2.43 bits per heavy atom. The van der Waals surface area contributed by atoms with Crippen LogP contribution in [-0.4, -0.2) is 36.3 Å². The minimum absolute atomic E-state index is 0.234. The van der Waals surface area contributed by atoms with Gasteiger partial charge in [0.2, 0.25) is 5.88 Å². The van der Waals surface area contributed by atoms with E-state index in [1.54, 1.807) is 31.8 Å². The molecule has 0 atom stereocenters. The van der Waals surface area contributed by atoms with Crippen molar-refractivity contribution in [1.29, 1.82) is 0 Å². The summed E-state index contributed by atoms with van der Waals surface area (Å²) in [5.74, 6) is 0.535. The van der Waals surface area contributed by atoms with Gasteiger partial charge in [-0.15, -0.1) is 0 Å². The zero-order valence-electron chi connectivity index (χ0n) is 13.0. The molecule has 122 valence electrons. The topological polar surface area (TPSA) is 85.4 Å². The van der Waals surface area contributed by atoms with Gasteiger partial charge in [0.05, 0.1) is 6.61 Å². The van der Waals surface area contributed by atoms with E-state index in [2.05, 4.69) is 20.6 Å². The molecule has 0 aliphatic carbocycles. The van der Waals surface area contributed by atoms with Crippen molar-refractivity contribution in [3.05, 3.63) is 54.0 Å². The SMILES string of the molecule is COCCOc1ccc(CNC(=O)NCc2ccncc2)cn1. The monoisotopic (exact) mass is 316 g/mol. The molecule has 2 heterocycles. The van der Waals surface area contributed by atoms with Gasteiger partial charge < -0.3 is 20.1 Å². The Morgan fingerprint density at radius 1 is 1.04 bits per heavy atom. The van der Waals surface area contributed by atoms with Gasteiger partial charge >= 0.3 is 6.03 Å². The van der Waals surface area contributed by atoms with Crippen LogP contribution >= 0.6 is 0 Å². The highest BCUT2D eigenvalue weighted by atomic mass is 16.5. The van der Waals surface area contributed by atoms with E-state index in [1.807, 2.05) is 18.2 Å². The van der Waals surface area contributed by atoms with Gasteiger partial charge in [-0.3, -0.25) is 4.98 Å². The normalized spacial score (nSPS) is 10.1. The zero-order chi connectivity index (χ0) is 16.3. The molecular formula is C16H20N4O3. The first-order valence-electron chi connectivity index (χ1n) is 7.25. The van der Waals surface area contributed by atoms with E-state index in [-0.39, 0.29) is 6.03 Å². The molecule has 2 amide bonds. The molecule has 0 aliphatic rings. The van der Waals surface area contributed by atoms with Crippen LogP contribution in [0, 0.1) is 0 Å². The van der Waals surface area contributed by atoms with Gasteiger partial charge in [0.25, 0.3) is 0 Å². The number of urea groups is 1. The lowest BCUT2D eigenvalue weighted by Crippen LogP contribution is -2.34. The van der Waals surface area contributed by atoms with Crippen molar-refractivity contribution in [2.45, 2.75) is 13.1 Å². The predicted octanol–water partition coefficient (Wildman–Crippen LogP) is 1.50. The first-order chi connectivity index (χ1) is 11.3. The van der Waals surface area contributed by atoms with Crippen LogP contribution in [0.15, 0.2) is 42.9 Å². The number of carbonyl (C=O) groups excluding carboxylic acids is 1. The molecule has 0 saturated carbocycles. The smallest absolute Gasteiger partial charge is 0.315 e. The fourth-order valence-electron chi connectivity index (χ4n) is 1.76. The lowest BCUT2D eigenvalue weighted by atomic mass is 10.3. The third kappa shape index (κ3) is 6.31. The highest BCUT2D eigenvalue weighted by Gasteiger charge is 2.02. The van der Waals surface area contributed by atoms with Crippen molar-refractivity contribution >= 4 is 6.03 Å². The Morgan fingerprint density at radius 2 is 1.78 bits per heavy atom. The summed E-state index contributed by atoms with van der Waals surface area (Å²) in [6.07, 6.45) is 5.05. The van der Waals surface area contributed by atoms with Crippen molar-refractivity contribution in [2.24, 2.45) is 0 Å². The molecule has 2 rings (SSSR count). The van der Waals surface area contributed by atoms with E-state index >= 15 is 0 Å². The number of aromatic nitrogens is 2. The van der Waals surface area contributed by atoms with Gasteiger partial charge in [0.1, 0.15) is 6.61 Å². The Kier molecular flexibility index (Phi) is 6.80. The zero-order valence-corrected chi connectivity index (χ0v) is 13.0. The largest absolute Gasteiger partial charge is 0.475 e. The van der Waals surface area contributed by atoms with E-state index in [0.29, 0.717) is 32.2 Å². The maximum atomic E-state index is 11.7. The summed E-state index contributed by atoms with van der Waals surface area (Å²) in [5.41, 5.74) is 1.89. The highest BCUT2D eigenvalue weighted by Crippen LogP contribution is 2.07. The number of ether oxygens (including phenoxy) is 2. The van der Waals surface area contributed by atoms with Gasteiger partial charge in [0, 0.05) is 44.9 Å². The molecule has 0 fully saturated rings. The van der Waals surface area contributed by atoms with Crippen LogP contribution in [0.5, 0.6) is 5.88 Å². The van der Waals surface area contributed by atoms with Crippen LogP contribution in [-0.2, 0) is 17.8 Å². The standard InChI is InChI=1S/C16H20N4O3/c1-22-8-9-23-15-3-2-14(11-18-15)12-20-16(21)19-10-13-4-6-17-7-5-13/h2-7,11H,8-10,12H2,1H3,(H2,19,20,21). The van der Waals surface area contributed by atoms with Crippen LogP contribution in [0.25, 0.3) is 0 Å². The maximum Gasteiger partial charge on any atom is 0.315 e. The summed E-state index contributed by atoms with van der Waals surface area (Å²) in [5, 5.41) is 5.55. The van der Waals surface area contributed by atoms with E-state index in [0.717, 1.165) is 11.1 Å². The molecule has 0 saturated heterocycles. The van der Waals surface area contributed by atoms with Crippen LogP contribution in [0.4, 0.5) is 4.79 Å². The molecule has 2 N–H and O–H groups in total. The average molecular weight is 316 g/mol. The van der Waals surface area contributed by atoms with Gasteiger partial charge in [-0.05, 0) is 23.3 Å². The van der Waals surface area contributed by atoms with Crippen molar-refractivity contribution in [1.82, 2.24) is 20.6 Å². The van der Waals surface area contributed by atoms with Crippen LogP contribution in [0.1, 0.15) is 11.1 Å². The van der Waals surface area contributed by atoms with Gasteiger partial charge in [0.15, 0.2) is 0 Å². The van der Waals surface area contributed by atoms with Crippen LogP contribution < -0.4 is 15.4 Å². The average Bonchev–Trinajstić information content (AvgIpc) is 2.60. The van der Waals surface area contributed by atoms with Gasteiger partial charge in [-0.1, -0.05) is 6.07 Å². The van der Waals surface area contributed by atoms with Gasteiger partial charge in [-0.25, -0.2) is 9.78 Å². The van der Waals surface area contributed by atoms with Crippen LogP contribution in [0.2, 0.25) is 0 Å². The number of amides is 2. The number of nitrogens with zero attached hydrogens (tertiary/aromatic N) is 2. The second kappa shape index (κ2) is 9.37. The molecule has 0 aliphatic heterocycles. The van der Waals surface area contributed by atoms with Crippen molar-refractivity contribution in [2.75, 3.05) is 20.3 Å². The fraction of sp³-hybridized carbons (Fsp3) is 0.312. The molecule has 0 aromatic carbocycles. The Bertz CT molecular complexity index is 590. The minimum atomic E-state index is -0.234. The number of hydrogen-bond donors (Lipinski definition) is 2. The summed E-state index contributed by atoms with van der Waals surface area (Å²) >= 11 is 0. The molecular weight excluding hydrogens is 296 g/mol. The molecule has 2 aromatic rings. The Hall–Kier alpha value is -2.67. The molecule has 0 bridgehead atoms. The maximum absolute atomic E-state index is 11.7. The second-order valence-corrected chi connectivity index (χ2v) is 4.74. The lowest BCUT2D eigenvalue weighted by Gasteiger charge is -2.08. The minimum Gasteiger partial charge on any atom is -0.475 e. The summed E-state index contributed by atoms with van der Waals surface area (Å²) in [7, 11) is 1.62. The number of hydrogen-bond acceptors (Lipinski definition) is 5.